The van der Waals surface area contributed by atoms with E-state index in [1.54, 1.807) is 0 Å². The Morgan fingerprint density at radius 1 is 0.643 bits per heavy atom. The average Bonchev–Trinajstić information content (AvgIpc) is 2.96. The number of rotatable bonds is 29. The van der Waals surface area contributed by atoms with Crippen molar-refractivity contribution >= 4 is 35.5 Å². The highest BCUT2D eigenvalue weighted by Crippen LogP contribution is 2.49. The molecule has 11 heteroatoms. The second-order valence-electron chi connectivity index (χ2n) is 12.0. The lowest BCUT2D eigenvalue weighted by atomic mass is 10.0. The maximum Gasteiger partial charge on any atom is 0.384 e. The zero-order valence-corrected chi connectivity index (χ0v) is 29.5. The van der Waals surface area contributed by atoms with Crippen LogP contribution in [-0.4, -0.2) is 95.9 Å². The molecule has 1 rings (SSSR count). The molecular formula is C31H66N5O3PS2. The number of hydrogen-bond donors (Lipinski definition) is 5. The largest absolute Gasteiger partial charge is 0.384 e. The summed E-state index contributed by atoms with van der Waals surface area (Å²) in [6.45, 7) is 8.44. The molecule has 5 N–H and O–H groups in total. The third kappa shape index (κ3) is 27.6. The van der Waals surface area contributed by atoms with Gasteiger partial charge >= 0.3 is 6.80 Å². The predicted octanol–water partition coefficient (Wildman–Crippen LogP) is 6.53. The van der Waals surface area contributed by atoms with Crippen molar-refractivity contribution in [1.82, 2.24) is 25.8 Å². The van der Waals surface area contributed by atoms with Crippen LogP contribution in [0.1, 0.15) is 122 Å². The average molecular weight is 652 g/mol. The summed E-state index contributed by atoms with van der Waals surface area (Å²) in [5.41, 5.74) is 0. The van der Waals surface area contributed by atoms with E-state index in [-0.39, 0.29) is 0 Å². The van der Waals surface area contributed by atoms with Gasteiger partial charge in [0.05, 0.1) is 0 Å². The zero-order chi connectivity index (χ0) is 30.6. The first kappa shape index (κ1) is 40.1. The standard InChI is InChI=1S/C31H66N5O3PS2/c1-2-3-4-5-6-7-8-9-10-11-12-13-14-15-16-17-21-33-31(41)34-22-19-25-36-28-26-35(27-29-36)24-18-20-32-23-30-42-40(37,38)39/h32H,2-30H2,1H3,(H2,33,34,41)(H2,37,38,39). The number of nitrogens with one attached hydrogen (secondary N) is 3. The molecule has 0 bridgehead atoms. The van der Waals surface area contributed by atoms with Crippen LogP contribution in [0.25, 0.3) is 0 Å². The number of hydrogen-bond acceptors (Lipinski definition) is 6. The van der Waals surface area contributed by atoms with Gasteiger partial charge in [0.2, 0.25) is 0 Å². The van der Waals surface area contributed by atoms with Gasteiger partial charge < -0.3 is 35.5 Å². The quantitative estimate of drug-likeness (QED) is 0.0349. The Bertz CT molecular complexity index is 666. The minimum atomic E-state index is -3.93. The van der Waals surface area contributed by atoms with Crippen molar-refractivity contribution in [3.63, 3.8) is 0 Å². The van der Waals surface area contributed by atoms with Crippen LogP contribution in [0.2, 0.25) is 0 Å². The SMILES string of the molecule is CCCCCCCCCCCCCCCCCCNC(=S)NCCCN1CCN(CCCNCCSP(=O)(O)O)CC1. The van der Waals surface area contributed by atoms with Crippen LogP contribution in [0, 0.1) is 0 Å². The Morgan fingerprint density at radius 2 is 1.05 bits per heavy atom. The highest BCUT2D eigenvalue weighted by molar-refractivity contribution is 8.54. The predicted molar refractivity (Wildman–Crippen MR) is 188 cm³/mol. The molecule has 1 aliphatic rings. The van der Waals surface area contributed by atoms with Crippen molar-refractivity contribution in [2.75, 3.05) is 71.2 Å². The summed E-state index contributed by atoms with van der Waals surface area (Å²) in [6.07, 6.45) is 24.6. The molecule has 0 aromatic rings. The number of thiocarbonyl (C=S) groups is 1. The summed E-state index contributed by atoms with van der Waals surface area (Å²) >= 11 is 6.17. The third-order valence-corrected chi connectivity index (χ3v) is 10.7. The number of nitrogens with zero attached hydrogens (tertiary/aromatic N) is 2. The maximum absolute atomic E-state index is 10.8. The molecule has 0 saturated carbocycles. The highest BCUT2D eigenvalue weighted by Gasteiger charge is 2.16. The molecule has 250 valence electrons. The van der Waals surface area contributed by atoms with E-state index in [1.165, 1.54) is 103 Å². The second kappa shape index (κ2) is 28.5. The fourth-order valence-electron chi connectivity index (χ4n) is 5.47. The molecule has 0 aliphatic carbocycles. The van der Waals surface area contributed by atoms with E-state index >= 15 is 0 Å². The van der Waals surface area contributed by atoms with Gasteiger partial charge in [-0.25, -0.2) is 4.57 Å². The first-order valence-corrected chi connectivity index (χ1v) is 20.9. The number of unbranched alkanes of at least 4 members (excludes halogenated alkanes) is 15. The minimum absolute atomic E-state index is 0.443. The van der Waals surface area contributed by atoms with Gasteiger partial charge in [-0.2, -0.15) is 0 Å². The van der Waals surface area contributed by atoms with E-state index < -0.39 is 6.80 Å². The lowest BCUT2D eigenvalue weighted by molar-refractivity contribution is 0.130. The molecule has 0 amide bonds. The van der Waals surface area contributed by atoms with Gasteiger partial charge in [-0.1, -0.05) is 103 Å². The first-order chi connectivity index (χ1) is 20.4. The van der Waals surface area contributed by atoms with E-state index in [4.69, 9.17) is 22.0 Å². The van der Waals surface area contributed by atoms with Crippen LogP contribution < -0.4 is 16.0 Å². The Balaban J connectivity index is 1.79. The van der Waals surface area contributed by atoms with Crippen LogP contribution in [-0.2, 0) is 4.57 Å². The van der Waals surface area contributed by atoms with Gasteiger partial charge in [-0.15, -0.1) is 0 Å². The van der Waals surface area contributed by atoms with E-state index in [0.29, 0.717) is 23.7 Å². The normalized spacial score (nSPS) is 14.8. The van der Waals surface area contributed by atoms with Gasteiger partial charge in [0.15, 0.2) is 5.11 Å². The Hall–Kier alpha value is 0.0700. The van der Waals surface area contributed by atoms with Crippen LogP contribution in [0.5, 0.6) is 0 Å². The highest BCUT2D eigenvalue weighted by atomic mass is 32.7. The summed E-state index contributed by atoms with van der Waals surface area (Å²) < 4.78 is 10.8. The molecule has 8 nitrogen and oxygen atoms in total. The van der Waals surface area contributed by atoms with Crippen molar-refractivity contribution < 1.29 is 14.4 Å². The number of piperazine rings is 1. The molecule has 0 aromatic heterocycles. The lowest BCUT2D eigenvalue weighted by Crippen LogP contribution is -2.47. The first-order valence-electron chi connectivity index (χ1n) is 17.3. The molecule has 1 aliphatic heterocycles. The molecule has 42 heavy (non-hydrogen) atoms. The zero-order valence-electron chi connectivity index (χ0n) is 27.0. The molecule has 1 fully saturated rings. The molecule has 0 radical (unpaired) electrons. The Labute approximate surface area is 268 Å². The fourth-order valence-corrected chi connectivity index (χ4v) is 7.13. The van der Waals surface area contributed by atoms with Crippen molar-refractivity contribution in [2.24, 2.45) is 0 Å². The summed E-state index contributed by atoms with van der Waals surface area (Å²) in [5.74, 6) is 0.443. The molecular weight excluding hydrogens is 585 g/mol. The summed E-state index contributed by atoms with van der Waals surface area (Å²) in [7, 11) is 0. The van der Waals surface area contributed by atoms with Crippen LogP contribution in [0.3, 0.4) is 0 Å². The second-order valence-corrected chi connectivity index (χ2v) is 16.2. The van der Waals surface area contributed by atoms with E-state index in [0.717, 1.165) is 76.9 Å². The van der Waals surface area contributed by atoms with E-state index in [1.807, 2.05) is 0 Å². The molecule has 0 aromatic carbocycles. The molecule has 1 saturated heterocycles. The topological polar surface area (TPSA) is 100 Å². The van der Waals surface area contributed by atoms with Crippen LogP contribution in [0.4, 0.5) is 0 Å². The van der Waals surface area contributed by atoms with Crippen molar-refractivity contribution in [1.29, 1.82) is 0 Å². The third-order valence-electron chi connectivity index (χ3n) is 8.08. The smallest absolute Gasteiger partial charge is 0.363 e. The van der Waals surface area contributed by atoms with Crippen LogP contribution >= 0.6 is 30.4 Å². The van der Waals surface area contributed by atoms with Gasteiger partial charge in [-0.3, -0.25) is 0 Å². The summed E-state index contributed by atoms with van der Waals surface area (Å²) in [6, 6.07) is 0. The van der Waals surface area contributed by atoms with Gasteiger partial charge in [0, 0.05) is 51.6 Å². The molecule has 0 atom stereocenters. The Morgan fingerprint density at radius 3 is 1.50 bits per heavy atom. The Kier molecular flexibility index (Phi) is 27.2. The summed E-state index contributed by atoms with van der Waals surface area (Å²) in [5, 5.41) is 10.8. The minimum Gasteiger partial charge on any atom is -0.363 e. The lowest BCUT2D eigenvalue weighted by Gasteiger charge is -2.34. The van der Waals surface area contributed by atoms with Gasteiger partial charge in [0.1, 0.15) is 0 Å². The van der Waals surface area contributed by atoms with Gasteiger partial charge in [0.25, 0.3) is 0 Å². The molecule has 0 spiro atoms. The van der Waals surface area contributed by atoms with Crippen LogP contribution in [0.15, 0.2) is 0 Å². The molecule has 1 heterocycles. The maximum atomic E-state index is 10.8. The fraction of sp³-hybridized carbons (Fsp3) is 0.968. The van der Waals surface area contributed by atoms with Crippen molar-refractivity contribution in [3.05, 3.63) is 0 Å². The van der Waals surface area contributed by atoms with Gasteiger partial charge in [-0.05, 0) is 62.5 Å². The van der Waals surface area contributed by atoms with Crippen molar-refractivity contribution in [2.45, 2.75) is 122 Å². The monoisotopic (exact) mass is 651 g/mol. The van der Waals surface area contributed by atoms with E-state index in [9.17, 15) is 4.57 Å². The van der Waals surface area contributed by atoms with Crippen molar-refractivity contribution in [3.8, 4) is 0 Å². The summed E-state index contributed by atoms with van der Waals surface area (Å²) in [4.78, 5) is 22.7. The van der Waals surface area contributed by atoms with E-state index in [2.05, 4.69) is 32.7 Å². The molecule has 0 unspecified atom stereocenters.